The van der Waals surface area contributed by atoms with Gasteiger partial charge in [0.25, 0.3) is 0 Å². The minimum Gasteiger partial charge on any atom is -0.299 e. The standard InChI is InChI=1S/C22H28O2S/c1-11-10-16(23)20(25)19-13(3)12(2)18-14-6-7-17(24)21(14,4)9-8-15(18)22(11,19)5/h10,12,14-15,18-19H,3,6-9H2,1-2,4-5H3/t12-,14+,15+,18+,19?,21+,22-/m1/s1. The number of carbonyl (C=O) groups excluding carboxylic acids is 2. The summed E-state index contributed by atoms with van der Waals surface area (Å²) in [5.74, 6) is 2.15. The van der Waals surface area contributed by atoms with Crippen LogP contribution in [0, 0.1) is 40.4 Å². The summed E-state index contributed by atoms with van der Waals surface area (Å²) >= 11 is 5.60. The Hall–Kier alpha value is -1.09. The van der Waals surface area contributed by atoms with Crippen molar-refractivity contribution in [3.63, 3.8) is 0 Å². The van der Waals surface area contributed by atoms with Crippen LogP contribution in [0.2, 0.25) is 0 Å². The van der Waals surface area contributed by atoms with Gasteiger partial charge in [-0.2, -0.15) is 0 Å². The third kappa shape index (κ3) is 1.94. The van der Waals surface area contributed by atoms with Crippen molar-refractivity contribution in [2.24, 2.45) is 40.4 Å². The van der Waals surface area contributed by atoms with Gasteiger partial charge in [-0.1, -0.05) is 50.7 Å². The van der Waals surface area contributed by atoms with Gasteiger partial charge in [0.05, 0.1) is 4.86 Å². The van der Waals surface area contributed by atoms with Gasteiger partial charge >= 0.3 is 0 Å². The van der Waals surface area contributed by atoms with E-state index in [1.54, 1.807) is 6.08 Å². The summed E-state index contributed by atoms with van der Waals surface area (Å²) in [6, 6.07) is 0. The number of allylic oxidation sites excluding steroid dienone is 3. The van der Waals surface area contributed by atoms with Crippen molar-refractivity contribution in [3.8, 4) is 0 Å². The normalized spacial score (nSPS) is 49.4. The van der Waals surface area contributed by atoms with Gasteiger partial charge in [0, 0.05) is 23.2 Å². The van der Waals surface area contributed by atoms with E-state index >= 15 is 0 Å². The van der Waals surface area contributed by atoms with Crippen LogP contribution in [-0.2, 0) is 9.59 Å². The van der Waals surface area contributed by atoms with Crippen LogP contribution in [-0.4, -0.2) is 16.4 Å². The quantitative estimate of drug-likeness (QED) is 0.465. The second kappa shape index (κ2) is 5.22. The molecular weight excluding hydrogens is 328 g/mol. The maximum absolute atomic E-state index is 12.6. The molecule has 0 amide bonds. The first-order valence-electron chi connectivity index (χ1n) is 9.63. The molecule has 7 atom stereocenters. The zero-order valence-electron chi connectivity index (χ0n) is 15.7. The number of fused-ring (bicyclic) bond motifs is 5. The molecule has 0 saturated heterocycles. The Morgan fingerprint density at radius 2 is 1.88 bits per heavy atom. The van der Waals surface area contributed by atoms with Crippen molar-refractivity contribution >= 4 is 28.6 Å². The first kappa shape index (κ1) is 17.3. The first-order valence-corrected chi connectivity index (χ1v) is 10.0. The van der Waals surface area contributed by atoms with Crippen LogP contribution < -0.4 is 0 Å². The van der Waals surface area contributed by atoms with Gasteiger partial charge in [0.2, 0.25) is 0 Å². The Morgan fingerprint density at radius 3 is 2.56 bits per heavy atom. The third-order valence-corrected chi connectivity index (χ3v) is 9.08. The fourth-order valence-corrected chi connectivity index (χ4v) is 7.46. The van der Waals surface area contributed by atoms with Gasteiger partial charge in [-0.3, -0.25) is 9.59 Å². The molecule has 0 aliphatic heterocycles. The third-order valence-electron chi connectivity index (χ3n) is 8.65. The molecule has 3 heteroatoms. The van der Waals surface area contributed by atoms with Crippen LogP contribution in [0.15, 0.2) is 23.8 Å². The maximum Gasteiger partial charge on any atom is 0.193 e. The molecule has 4 aliphatic rings. The minimum atomic E-state index is -0.151. The molecule has 0 heterocycles. The number of carbonyl (C=O) groups is 2. The predicted octanol–water partition coefficient (Wildman–Crippen LogP) is 4.73. The van der Waals surface area contributed by atoms with Crippen molar-refractivity contribution < 1.29 is 9.59 Å². The summed E-state index contributed by atoms with van der Waals surface area (Å²) in [6.45, 7) is 13.3. The largest absolute Gasteiger partial charge is 0.299 e. The highest BCUT2D eigenvalue weighted by atomic mass is 32.1. The zero-order valence-corrected chi connectivity index (χ0v) is 16.5. The lowest BCUT2D eigenvalue weighted by atomic mass is 9.42. The minimum absolute atomic E-state index is 0.00142. The molecule has 2 nitrogen and oxygen atoms in total. The molecule has 0 radical (unpaired) electrons. The molecule has 1 unspecified atom stereocenters. The second-order valence-corrected chi connectivity index (χ2v) is 9.78. The highest BCUT2D eigenvalue weighted by molar-refractivity contribution is 7.82. The molecule has 0 aromatic heterocycles. The van der Waals surface area contributed by atoms with Gasteiger partial charge in [-0.25, -0.2) is 0 Å². The van der Waals surface area contributed by atoms with Gasteiger partial charge in [0.1, 0.15) is 5.78 Å². The van der Waals surface area contributed by atoms with E-state index in [1.165, 1.54) is 0 Å². The highest BCUT2D eigenvalue weighted by Gasteiger charge is 2.64. The summed E-state index contributed by atoms with van der Waals surface area (Å²) in [5, 5.41) is 0. The van der Waals surface area contributed by atoms with Crippen molar-refractivity contribution in [3.05, 3.63) is 23.8 Å². The summed E-state index contributed by atoms with van der Waals surface area (Å²) in [4.78, 5) is 25.6. The Kier molecular flexibility index (Phi) is 3.62. The molecule has 25 heavy (non-hydrogen) atoms. The fraction of sp³-hybridized carbons (Fsp3) is 0.682. The SMILES string of the molecule is C=C1C2C(=S)C(=O)C=C(C)[C@]2(C)[C@H]2CC[C@]3(C)C(=O)CC[C@H]3[C@@H]2[C@@H]1C. The lowest BCUT2D eigenvalue weighted by molar-refractivity contribution is -0.134. The van der Waals surface area contributed by atoms with Crippen LogP contribution in [0.1, 0.15) is 53.4 Å². The summed E-state index contributed by atoms with van der Waals surface area (Å²) in [5.41, 5.74) is 2.01. The van der Waals surface area contributed by atoms with Crippen LogP contribution in [0.5, 0.6) is 0 Å². The number of Topliss-reactive ketones (excluding diaryl/α,β-unsaturated/α-hetero) is 1. The van der Waals surface area contributed by atoms with E-state index in [0.29, 0.717) is 34.3 Å². The zero-order chi connectivity index (χ0) is 18.3. The monoisotopic (exact) mass is 356 g/mol. The van der Waals surface area contributed by atoms with Crippen LogP contribution >= 0.6 is 12.2 Å². The lowest BCUT2D eigenvalue weighted by Gasteiger charge is -2.62. The van der Waals surface area contributed by atoms with E-state index in [4.69, 9.17) is 12.2 Å². The first-order chi connectivity index (χ1) is 11.6. The van der Waals surface area contributed by atoms with Crippen molar-refractivity contribution in [1.82, 2.24) is 0 Å². The Labute approximate surface area is 156 Å². The van der Waals surface area contributed by atoms with Crippen molar-refractivity contribution in [2.45, 2.75) is 53.4 Å². The van der Waals surface area contributed by atoms with Crippen LogP contribution in [0.4, 0.5) is 0 Å². The molecule has 0 spiro atoms. The summed E-state index contributed by atoms with van der Waals surface area (Å²) in [7, 11) is 0. The average molecular weight is 357 g/mol. The summed E-state index contributed by atoms with van der Waals surface area (Å²) < 4.78 is 0. The topological polar surface area (TPSA) is 34.1 Å². The number of thiocarbonyl (C=S) groups is 1. The van der Waals surface area contributed by atoms with Gasteiger partial charge < -0.3 is 0 Å². The molecule has 134 valence electrons. The molecule has 4 rings (SSSR count). The van der Waals surface area contributed by atoms with Crippen molar-refractivity contribution in [2.75, 3.05) is 0 Å². The number of rotatable bonds is 0. The second-order valence-electron chi connectivity index (χ2n) is 9.34. The maximum atomic E-state index is 12.6. The molecule has 3 saturated carbocycles. The predicted molar refractivity (Wildman–Crippen MR) is 103 cm³/mol. The van der Waals surface area contributed by atoms with Gasteiger partial charge in [-0.05, 0) is 55.9 Å². The summed E-state index contributed by atoms with van der Waals surface area (Å²) in [6.07, 6.45) is 5.55. The highest BCUT2D eigenvalue weighted by Crippen LogP contribution is 2.67. The molecule has 0 aromatic rings. The van der Waals surface area contributed by atoms with E-state index in [2.05, 4.69) is 34.3 Å². The van der Waals surface area contributed by atoms with Gasteiger partial charge in [0.15, 0.2) is 5.78 Å². The Bertz CT molecular complexity index is 747. The van der Waals surface area contributed by atoms with Gasteiger partial charge in [-0.15, -0.1) is 0 Å². The molecular formula is C22H28O2S. The van der Waals surface area contributed by atoms with Crippen LogP contribution in [0.25, 0.3) is 0 Å². The molecule has 0 bridgehead atoms. The number of hydrogen-bond acceptors (Lipinski definition) is 3. The number of ketones is 2. The Morgan fingerprint density at radius 1 is 1.20 bits per heavy atom. The lowest BCUT2D eigenvalue weighted by Crippen LogP contribution is -2.59. The fourth-order valence-electron chi connectivity index (χ4n) is 7.00. The number of hydrogen-bond donors (Lipinski definition) is 0. The molecule has 3 fully saturated rings. The average Bonchev–Trinajstić information content (AvgIpc) is 2.86. The Balaban J connectivity index is 1.87. The molecule has 0 aromatic carbocycles. The molecule has 0 N–H and O–H groups in total. The smallest absolute Gasteiger partial charge is 0.193 e. The van der Waals surface area contributed by atoms with Crippen molar-refractivity contribution in [1.29, 1.82) is 0 Å². The van der Waals surface area contributed by atoms with Crippen LogP contribution in [0.3, 0.4) is 0 Å². The molecule has 4 aliphatic carbocycles. The van der Waals surface area contributed by atoms with E-state index in [1.807, 2.05) is 0 Å². The van der Waals surface area contributed by atoms with E-state index < -0.39 is 0 Å². The van der Waals surface area contributed by atoms with E-state index in [9.17, 15) is 9.59 Å². The van der Waals surface area contributed by atoms with E-state index in [-0.39, 0.29) is 22.5 Å². The van der Waals surface area contributed by atoms with E-state index in [0.717, 1.165) is 36.8 Å².